The Labute approximate surface area is 154 Å². The molecule has 2 aromatic carbocycles. The number of nitrogens with zero attached hydrogens (tertiary/aromatic N) is 2. The Morgan fingerprint density at radius 1 is 1.12 bits per heavy atom. The molecule has 0 atom stereocenters. The first kappa shape index (κ1) is 17.4. The molecule has 7 heteroatoms. The zero-order valence-corrected chi connectivity index (χ0v) is 15.2. The lowest BCUT2D eigenvalue weighted by Gasteiger charge is -2.30. The molecule has 0 aromatic heterocycles. The molecule has 0 saturated carbocycles. The predicted molar refractivity (Wildman–Crippen MR) is 101 cm³/mol. The van der Waals surface area contributed by atoms with E-state index in [-0.39, 0.29) is 17.2 Å². The maximum Gasteiger partial charge on any atom is 0.270 e. The van der Waals surface area contributed by atoms with Crippen molar-refractivity contribution >= 4 is 38.9 Å². The lowest BCUT2D eigenvalue weighted by molar-refractivity contribution is -0.384. The highest BCUT2D eigenvalue weighted by Gasteiger charge is 2.19. The van der Waals surface area contributed by atoms with Crippen molar-refractivity contribution in [3.05, 3.63) is 62.6 Å². The topological polar surface area (TPSA) is 75.5 Å². The molecule has 1 aliphatic rings. The van der Waals surface area contributed by atoms with Gasteiger partial charge in [0.15, 0.2) is 0 Å². The first-order chi connectivity index (χ1) is 12.1. The number of halogens is 1. The third-order valence-corrected chi connectivity index (χ3v) is 4.95. The lowest BCUT2D eigenvalue weighted by Crippen LogP contribution is -2.30. The quantitative estimate of drug-likeness (QED) is 0.597. The van der Waals surface area contributed by atoms with Crippen molar-refractivity contribution in [2.75, 3.05) is 23.3 Å². The van der Waals surface area contributed by atoms with Gasteiger partial charge in [-0.3, -0.25) is 14.9 Å². The van der Waals surface area contributed by atoms with E-state index in [1.165, 1.54) is 24.6 Å². The number of benzene rings is 2. The minimum Gasteiger partial charge on any atom is -0.370 e. The number of anilines is 2. The van der Waals surface area contributed by atoms with E-state index >= 15 is 0 Å². The van der Waals surface area contributed by atoms with E-state index in [1.807, 2.05) is 24.3 Å². The van der Waals surface area contributed by atoms with Gasteiger partial charge in [0.25, 0.3) is 11.6 Å². The van der Waals surface area contributed by atoms with E-state index in [4.69, 9.17) is 0 Å². The lowest BCUT2D eigenvalue weighted by atomic mass is 10.1. The molecule has 6 nitrogen and oxygen atoms in total. The third-order valence-electron chi connectivity index (χ3n) is 4.25. The minimum absolute atomic E-state index is 0.113. The second-order valence-electron chi connectivity index (χ2n) is 5.94. The number of carbonyl (C=O) groups is 1. The van der Waals surface area contributed by atoms with E-state index in [2.05, 4.69) is 26.1 Å². The summed E-state index contributed by atoms with van der Waals surface area (Å²) in [5.41, 5.74) is 1.82. The molecule has 1 fully saturated rings. The van der Waals surface area contributed by atoms with Gasteiger partial charge in [-0.2, -0.15) is 0 Å². The molecule has 3 rings (SSSR count). The molecule has 130 valence electrons. The Kier molecular flexibility index (Phi) is 5.33. The normalized spacial score (nSPS) is 14.2. The Bertz CT molecular complexity index is 804. The van der Waals surface area contributed by atoms with Gasteiger partial charge in [0.05, 0.1) is 21.9 Å². The number of carbonyl (C=O) groups excluding carboxylic acids is 1. The van der Waals surface area contributed by atoms with Gasteiger partial charge in [-0.15, -0.1) is 0 Å². The van der Waals surface area contributed by atoms with Crippen molar-refractivity contribution in [1.82, 2.24) is 0 Å². The fourth-order valence-corrected chi connectivity index (χ4v) is 3.41. The second kappa shape index (κ2) is 7.65. The van der Waals surface area contributed by atoms with Crippen LogP contribution in [0.5, 0.6) is 0 Å². The molecule has 1 N–H and O–H groups in total. The molecule has 0 aliphatic carbocycles. The Morgan fingerprint density at radius 2 is 1.84 bits per heavy atom. The van der Waals surface area contributed by atoms with Crippen molar-refractivity contribution in [2.24, 2.45) is 0 Å². The smallest absolute Gasteiger partial charge is 0.270 e. The molecule has 2 aromatic rings. The Balaban J connectivity index is 1.86. The van der Waals surface area contributed by atoms with Crippen LogP contribution >= 0.6 is 15.9 Å². The standard InChI is InChI=1S/C18H18BrN3O3/c19-15-9-8-13(22(24)25)12-14(15)18(23)20-16-6-2-3-7-17(16)21-10-4-1-5-11-21/h2-3,6-9,12H,1,4-5,10-11H2,(H,20,23). The number of hydrogen-bond acceptors (Lipinski definition) is 4. The zero-order valence-electron chi connectivity index (χ0n) is 13.6. The van der Waals surface area contributed by atoms with Crippen LogP contribution in [-0.2, 0) is 0 Å². The maximum atomic E-state index is 12.7. The van der Waals surface area contributed by atoms with Crippen LogP contribution in [0.1, 0.15) is 29.6 Å². The van der Waals surface area contributed by atoms with Crippen LogP contribution in [0.2, 0.25) is 0 Å². The summed E-state index contributed by atoms with van der Waals surface area (Å²) in [5, 5.41) is 13.9. The zero-order chi connectivity index (χ0) is 17.8. The highest BCUT2D eigenvalue weighted by atomic mass is 79.9. The Morgan fingerprint density at radius 3 is 2.56 bits per heavy atom. The van der Waals surface area contributed by atoms with Crippen molar-refractivity contribution in [1.29, 1.82) is 0 Å². The van der Waals surface area contributed by atoms with Gasteiger partial charge in [0.1, 0.15) is 0 Å². The van der Waals surface area contributed by atoms with Crippen molar-refractivity contribution in [3.8, 4) is 0 Å². The average molecular weight is 404 g/mol. The van der Waals surface area contributed by atoms with Gasteiger partial charge in [0, 0.05) is 29.7 Å². The van der Waals surface area contributed by atoms with Crippen molar-refractivity contribution in [3.63, 3.8) is 0 Å². The number of nitro benzene ring substituents is 1. The predicted octanol–water partition coefficient (Wildman–Crippen LogP) is 4.60. The summed E-state index contributed by atoms with van der Waals surface area (Å²) in [4.78, 5) is 25.4. The van der Waals surface area contributed by atoms with Crippen LogP contribution in [0, 0.1) is 10.1 Å². The van der Waals surface area contributed by atoms with Crippen LogP contribution in [0.15, 0.2) is 46.9 Å². The average Bonchev–Trinajstić information content (AvgIpc) is 2.63. The van der Waals surface area contributed by atoms with Gasteiger partial charge < -0.3 is 10.2 Å². The summed E-state index contributed by atoms with van der Waals surface area (Å²) in [6.45, 7) is 1.93. The molecule has 1 aliphatic heterocycles. The molecule has 0 spiro atoms. The van der Waals surface area contributed by atoms with Gasteiger partial charge in [-0.1, -0.05) is 12.1 Å². The number of nitro groups is 1. The van der Waals surface area contributed by atoms with E-state index < -0.39 is 4.92 Å². The number of non-ortho nitro benzene ring substituents is 1. The van der Waals surface area contributed by atoms with Crippen LogP contribution in [0.4, 0.5) is 17.1 Å². The second-order valence-corrected chi connectivity index (χ2v) is 6.79. The number of piperidine rings is 1. The van der Waals surface area contributed by atoms with Crippen LogP contribution in [0.25, 0.3) is 0 Å². The largest absolute Gasteiger partial charge is 0.370 e. The van der Waals surface area contributed by atoms with Crippen LogP contribution in [-0.4, -0.2) is 23.9 Å². The van der Waals surface area contributed by atoms with Crippen molar-refractivity contribution < 1.29 is 9.72 Å². The van der Waals surface area contributed by atoms with Crippen LogP contribution < -0.4 is 10.2 Å². The van der Waals surface area contributed by atoms with Gasteiger partial charge in [-0.05, 0) is 53.4 Å². The highest BCUT2D eigenvalue weighted by Crippen LogP contribution is 2.30. The van der Waals surface area contributed by atoms with E-state index in [0.717, 1.165) is 31.6 Å². The third kappa shape index (κ3) is 3.99. The molecule has 0 unspecified atom stereocenters. The molecule has 0 radical (unpaired) electrons. The monoisotopic (exact) mass is 403 g/mol. The SMILES string of the molecule is O=C(Nc1ccccc1N1CCCCC1)c1cc([N+](=O)[O-])ccc1Br. The molecular weight excluding hydrogens is 386 g/mol. The number of hydrogen-bond donors (Lipinski definition) is 1. The Hall–Kier alpha value is -2.41. The minimum atomic E-state index is -0.509. The van der Waals surface area contributed by atoms with E-state index in [9.17, 15) is 14.9 Å². The molecule has 1 amide bonds. The summed E-state index contributed by atoms with van der Waals surface area (Å²) >= 11 is 3.29. The van der Waals surface area contributed by atoms with Gasteiger partial charge in [0.2, 0.25) is 0 Å². The summed E-state index contributed by atoms with van der Waals surface area (Å²) in [7, 11) is 0. The summed E-state index contributed by atoms with van der Waals surface area (Å²) < 4.78 is 0.519. The fourth-order valence-electron chi connectivity index (χ4n) is 2.98. The summed E-state index contributed by atoms with van der Waals surface area (Å²) in [6.07, 6.45) is 3.50. The summed E-state index contributed by atoms with van der Waals surface area (Å²) in [5.74, 6) is -0.375. The molecule has 25 heavy (non-hydrogen) atoms. The van der Waals surface area contributed by atoms with Crippen LogP contribution in [0.3, 0.4) is 0 Å². The first-order valence-electron chi connectivity index (χ1n) is 8.15. The molecule has 1 saturated heterocycles. The van der Waals surface area contributed by atoms with Gasteiger partial charge in [-0.25, -0.2) is 0 Å². The number of amides is 1. The van der Waals surface area contributed by atoms with E-state index in [1.54, 1.807) is 0 Å². The fraction of sp³-hybridized carbons (Fsp3) is 0.278. The molecular formula is C18H18BrN3O3. The molecule has 1 heterocycles. The van der Waals surface area contributed by atoms with E-state index in [0.29, 0.717) is 10.2 Å². The number of para-hydroxylation sites is 2. The highest BCUT2D eigenvalue weighted by molar-refractivity contribution is 9.10. The maximum absolute atomic E-state index is 12.7. The number of rotatable bonds is 4. The number of nitrogens with one attached hydrogen (secondary N) is 1. The van der Waals surface area contributed by atoms with Crippen molar-refractivity contribution in [2.45, 2.75) is 19.3 Å². The summed E-state index contributed by atoms with van der Waals surface area (Å²) in [6, 6.07) is 11.8. The van der Waals surface area contributed by atoms with Gasteiger partial charge >= 0.3 is 0 Å². The first-order valence-corrected chi connectivity index (χ1v) is 8.95. The molecule has 0 bridgehead atoms.